The summed E-state index contributed by atoms with van der Waals surface area (Å²) in [5.41, 5.74) is 4.98. The van der Waals surface area contributed by atoms with Crippen molar-refractivity contribution < 1.29 is 9.72 Å². The van der Waals surface area contributed by atoms with Gasteiger partial charge < -0.3 is 11.1 Å². The first kappa shape index (κ1) is 13.2. The maximum absolute atomic E-state index is 10.7. The van der Waals surface area contributed by atoms with Crippen LogP contribution >= 0.6 is 11.6 Å². The smallest absolute Gasteiger partial charge is 0.311 e. The van der Waals surface area contributed by atoms with Crippen molar-refractivity contribution >= 4 is 28.9 Å². The van der Waals surface area contributed by atoms with Gasteiger partial charge in [0.15, 0.2) is 0 Å². The molecule has 0 aromatic carbocycles. The Morgan fingerprint density at radius 1 is 1.59 bits per heavy atom. The fraction of sp³-hybridized carbons (Fsp3) is 0.333. The van der Waals surface area contributed by atoms with Crippen molar-refractivity contribution in [3.8, 4) is 0 Å². The normalized spacial score (nSPS) is 9.94. The number of nitro groups is 1. The minimum Gasteiger partial charge on any atom is -0.378 e. The summed E-state index contributed by atoms with van der Waals surface area (Å²) in [5.74, 6) is -0.415. The van der Waals surface area contributed by atoms with Gasteiger partial charge in [0.05, 0.1) is 9.95 Å². The van der Waals surface area contributed by atoms with Gasteiger partial charge in [0.25, 0.3) is 0 Å². The summed E-state index contributed by atoms with van der Waals surface area (Å²) in [6.45, 7) is 0.369. The molecule has 1 amide bonds. The lowest BCUT2D eigenvalue weighted by atomic mass is 10.3. The Kier molecular flexibility index (Phi) is 4.65. The van der Waals surface area contributed by atoms with Crippen LogP contribution in [0.5, 0.6) is 0 Å². The SMILES string of the molecule is NC(=O)CCCNc1c(Cl)cncc1[N+](=O)[O-]. The van der Waals surface area contributed by atoms with Crippen LogP contribution in [0, 0.1) is 10.1 Å². The molecular weight excluding hydrogens is 248 g/mol. The number of pyridine rings is 1. The summed E-state index contributed by atoms with van der Waals surface area (Å²) in [6, 6.07) is 0. The molecule has 0 aliphatic heterocycles. The quantitative estimate of drug-likeness (QED) is 0.454. The minimum atomic E-state index is -0.574. The highest BCUT2D eigenvalue weighted by molar-refractivity contribution is 6.33. The topological polar surface area (TPSA) is 111 Å². The van der Waals surface area contributed by atoms with Crippen molar-refractivity contribution in [2.24, 2.45) is 5.73 Å². The number of amides is 1. The van der Waals surface area contributed by atoms with E-state index in [1.807, 2.05) is 0 Å². The summed E-state index contributed by atoms with van der Waals surface area (Å²) in [5, 5.41) is 13.7. The molecular formula is C9H11ClN4O3. The largest absolute Gasteiger partial charge is 0.378 e. The van der Waals surface area contributed by atoms with Crippen LogP contribution in [0.4, 0.5) is 11.4 Å². The predicted molar refractivity (Wildman–Crippen MR) is 62.8 cm³/mol. The van der Waals surface area contributed by atoms with Crippen molar-refractivity contribution in [1.82, 2.24) is 4.98 Å². The summed E-state index contributed by atoms with van der Waals surface area (Å²) in [6.07, 6.45) is 3.11. The second-order valence-electron chi connectivity index (χ2n) is 3.27. The Bertz CT molecular complexity index is 438. The maximum atomic E-state index is 10.7. The zero-order chi connectivity index (χ0) is 12.8. The lowest BCUT2D eigenvalue weighted by Gasteiger charge is -2.07. The van der Waals surface area contributed by atoms with E-state index in [0.29, 0.717) is 13.0 Å². The average molecular weight is 259 g/mol. The van der Waals surface area contributed by atoms with E-state index >= 15 is 0 Å². The van der Waals surface area contributed by atoms with E-state index in [1.165, 1.54) is 6.20 Å². The molecule has 1 heterocycles. The molecule has 0 atom stereocenters. The van der Waals surface area contributed by atoms with Crippen molar-refractivity contribution in [2.75, 3.05) is 11.9 Å². The Morgan fingerprint density at radius 3 is 2.88 bits per heavy atom. The third kappa shape index (κ3) is 3.87. The lowest BCUT2D eigenvalue weighted by molar-refractivity contribution is -0.384. The zero-order valence-corrected chi connectivity index (χ0v) is 9.61. The van der Waals surface area contributed by atoms with Crippen LogP contribution < -0.4 is 11.1 Å². The van der Waals surface area contributed by atoms with E-state index in [-0.39, 0.29) is 22.8 Å². The Morgan fingerprint density at radius 2 is 2.29 bits per heavy atom. The standard InChI is InChI=1S/C9H11ClN4O3/c10-6-4-12-5-7(14(16)17)9(6)13-3-1-2-8(11)15/h4-5H,1-3H2,(H2,11,15)(H,12,13). The molecule has 7 nitrogen and oxygen atoms in total. The van der Waals surface area contributed by atoms with Gasteiger partial charge >= 0.3 is 5.69 Å². The number of nitrogens with two attached hydrogens (primary N) is 1. The molecule has 0 fully saturated rings. The highest BCUT2D eigenvalue weighted by Crippen LogP contribution is 2.30. The summed E-state index contributed by atoms with van der Waals surface area (Å²) in [4.78, 5) is 24.3. The van der Waals surface area contributed by atoms with Crippen LogP contribution in [0.1, 0.15) is 12.8 Å². The first-order valence-corrected chi connectivity index (χ1v) is 5.20. The number of anilines is 1. The monoisotopic (exact) mass is 258 g/mol. The third-order valence-corrected chi connectivity index (χ3v) is 2.26. The van der Waals surface area contributed by atoms with Crippen molar-refractivity contribution in [3.63, 3.8) is 0 Å². The van der Waals surface area contributed by atoms with Crippen LogP contribution in [0.3, 0.4) is 0 Å². The van der Waals surface area contributed by atoms with Crippen LogP contribution in [-0.2, 0) is 4.79 Å². The molecule has 0 radical (unpaired) electrons. The minimum absolute atomic E-state index is 0.165. The van der Waals surface area contributed by atoms with Gasteiger partial charge in [0.2, 0.25) is 5.91 Å². The Balaban J connectivity index is 2.69. The second kappa shape index (κ2) is 6.00. The molecule has 0 bridgehead atoms. The molecule has 92 valence electrons. The highest BCUT2D eigenvalue weighted by atomic mass is 35.5. The van der Waals surface area contributed by atoms with Gasteiger partial charge in [-0.1, -0.05) is 11.6 Å². The van der Waals surface area contributed by atoms with Gasteiger partial charge in [-0.3, -0.25) is 19.9 Å². The number of nitrogens with one attached hydrogen (secondary N) is 1. The third-order valence-electron chi connectivity index (χ3n) is 1.98. The number of primary amides is 1. The fourth-order valence-electron chi connectivity index (χ4n) is 1.21. The molecule has 0 spiro atoms. The molecule has 0 saturated carbocycles. The number of carbonyl (C=O) groups is 1. The second-order valence-corrected chi connectivity index (χ2v) is 3.68. The van der Waals surface area contributed by atoms with E-state index in [2.05, 4.69) is 10.3 Å². The van der Waals surface area contributed by atoms with E-state index in [0.717, 1.165) is 6.20 Å². The van der Waals surface area contributed by atoms with Crippen molar-refractivity contribution in [2.45, 2.75) is 12.8 Å². The first-order valence-electron chi connectivity index (χ1n) is 4.82. The molecule has 0 aliphatic rings. The number of aromatic nitrogens is 1. The van der Waals surface area contributed by atoms with Crippen molar-refractivity contribution in [3.05, 3.63) is 27.5 Å². The fourth-order valence-corrected chi connectivity index (χ4v) is 1.43. The van der Waals surface area contributed by atoms with Gasteiger partial charge in [-0.05, 0) is 6.42 Å². The zero-order valence-electron chi connectivity index (χ0n) is 8.85. The van der Waals surface area contributed by atoms with Crippen LogP contribution in [0.2, 0.25) is 5.02 Å². The van der Waals surface area contributed by atoms with Crippen molar-refractivity contribution in [1.29, 1.82) is 0 Å². The number of hydrogen-bond donors (Lipinski definition) is 2. The molecule has 1 aromatic heterocycles. The predicted octanol–water partition coefficient (Wildman–Crippen LogP) is 1.32. The number of nitrogens with zero attached hydrogens (tertiary/aromatic N) is 2. The number of halogens is 1. The molecule has 1 aromatic rings. The number of hydrogen-bond acceptors (Lipinski definition) is 5. The molecule has 3 N–H and O–H groups in total. The lowest BCUT2D eigenvalue weighted by Crippen LogP contribution is -2.13. The molecule has 0 aliphatic carbocycles. The molecule has 0 saturated heterocycles. The average Bonchev–Trinajstić information content (AvgIpc) is 2.25. The van der Waals surface area contributed by atoms with Crippen LogP contribution in [-0.4, -0.2) is 22.4 Å². The van der Waals surface area contributed by atoms with E-state index in [9.17, 15) is 14.9 Å². The number of rotatable bonds is 6. The van der Waals surface area contributed by atoms with E-state index < -0.39 is 10.8 Å². The molecule has 8 heteroatoms. The van der Waals surface area contributed by atoms with Gasteiger partial charge in [-0.15, -0.1) is 0 Å². The molecule has 1 rings (SSSR count). The highest BCUT2D eigenvalue weighted by Gasteiger charge is 2.16. The first-order chi connectivity index (χ1) is 8.02. The maximum Gasteiger partial charge on any atom is 0.311 e. The van der Waals surface area contributed by atoms with Gasteiger partial charge in [0, 0.05) is 19.2 Å². The van der Waals surface area contributed by atoms with E-state index in [1.54, 1.807) is 0 Å². The molecule has 0 unspecified atom stereocenters. The van der Waals surface area contributed by atoms with E-state index in [4.69, 9.17) is 17.3 Å². The Labute approximate surface area is 102 Å². The van der Waals surface area contributed by atoms with Crippen LogP contribution in [0.25, 0.3) is 0 Å². The van der Waals surface area contributed by atoms with Crippen LogP contribution in [0.15, 0.2) is 12.4 Å². The number of carbonyl (C=O) groups excluding carboxylic acids is 1. The summed E-state index contributed by atoms with van der Waals surface area (Å²) in [7, 11) is 0. The molecule has 17 heavy (non-hydrogen) atoms. The Hall–Kier alpha value is -1.89. The summed E-state index contributed by atoms with van der Waals surface area (Å²) < 4.78 is 0. The summed E-state index contributed by atoms with van der Waals surface area (Å²) >= 11 is 5.79. The van der Waals surface area contributed by atoms with Gasteiger partial charge in [-0.2, -0.15) is 0 Å². The van der Waals surface area contributed by atoms with Gasteiger partial charge in [0.1, 0.15) is 11.9 Å². The van der Waals surface area contributed by atoms with Gasteiger partial charge in [-0.25, -0.2) is 0 Å².